The number of hydrogen-bond donors (Lipinski definition) is 1. The number of fused-ring (bicyclic) bond motifs is 5. The summed E-state index contributed by atoms with van der Waals surface area (Å²) in [6, 6.07) is 0. The van der Waals surface area contributed by atoms with Crippen LogP contribution in [0.1, 0.15) is 161 Å². The van der Waals surface area contributed by atoms with E-state index in [9.17, 15) is 19.8 Å². The summed E-state index contributed by atoms with van der Waals surface area (Å²) in [4.78, 5) is 45.4. The van der Waals surface area contributed by atoms with Gasteiger partial charge < -0.3 is 19.9 Å². The largest absolute Gasteiger partial charge is 2.00 e. The second-order valence-electron chi connectivity index (χ2n) is 16.6. The van der Waals surface area contributed by atoms with Crippen molar-refractivity contribution in [3.05, 3.63) is 85.7 Å². The molecule has 1 aliphatic carbocycles. The number of nitrogens with zero attached hydrogens (tertiary/aromatic N) is 4. The number of hydrogen-bond acceptors (Lipinski definition) is 7. The summed E-state index contributed by atoms with van der Waals surface area (Å²) in [5.74, 6) is -1.07. The van der Waals surface area contributed by atoms with Crippen LogP contribution in [-0.4, -0.2) is 34.2 Å². The van der Waals surface area contributed by atoms with Crippen molar-refractivity contribution in [3.8, 4) is 0 Å². The molecule has 0 unspecified atom stereocenters. The van der Waals surface area contributed by atoms with Crippen molar-refractivity contribution in [1.29, 1.82) is 0 Å². The number of ether oxygens (including phenoxy) is 1. The number of aromatic nitrogens is 1. The zero-order valence-electron chi connectivity index (χ0n) is 36.0. The zero-order chi connectivity index (χ0) is 41.3. The molecule has 59 heavy (non-hydrogen) atoms. The van der Waals surface area contributed by atoms with Crippen molar-refractivity contribution in [2.75, 3.05) is 0 Å². The van der Waals surface area contributed by atoms with Gasteiger partial charge in [-0.15, -0.1) is 16.8 Å². The van der Waals surface area contributed by atoms with Gasteiger partial charge in [0, 0.05) is 41.7 Å². The van der Waals surface area contributed by atoms with Gasteiger partial charge in [-0.25, -0.2) is 9.98 Å². The first-order valence-electron chi connectivity index (χ1n) is 22.0. The van der Waals surface area contributed by atoms with E-state index >= 15 is 0 Å². The third-order valence-corrected chi connectivity index (χ3v) is 12.4. The van der Waals surface area contributed by atoms with Crippen LogP contribution in [0.2, 0.25) is 0 Å². The molecule has 6 rings (SSSR count). The third kappa shape index (κ3) is 10.7. The van der Waals surface area contributed by atoms with E-state index in [1.807, 2.05) is 32.1 Å². The van der Waals surface area contributed by atoms with E-state index in [0.29, 0.717) is 46.3 Å². The summed E-state index contributed by atoms with van der Waals surface area (Å²) >= 11 is 0. The van der Waals surface area contributed by atoms with E-state index in [0.717, 1.165) is 76.4 Å². The average Bonchev–Trinajstić information content (AvgIpc) is 3.95. The van der Waals surface area contributed by atoms with Gasteiger partial charge >= 0.3 is 28.4 Å². The number of allylic oxidation sites excluding steroid dienone is 8. The van der Waals surface area contributed by atoms with Crippen LogP contribution in [-0.2, 0) is 30.8 Å². The van der Waals surface area contributed by atoms with Crippen LogP contribution in [0, 0.1) is 18.8 Å². The number of carbonyl (C=O) groups excluding carboxylic acids is 1. The minimum absolute atomic E-state index is 0. The first-order chi connectivity index (χ1) is 28.0. The number of rotatable bonds is 20. The molecule has 0 spiro atoms. The van der Waals surface area contributed by atoms with Crippen LogP contribution < -0.4 is 20.7 Å². The third-order valence-electron chi connectivity index (χ3n) is 12.4. The standard InChI is InChI=1S/C49H64N4O5.Ni/c1-7-9-10-11-12-13-14-15-16-17-18-19-20-21-22-23-45(57)58-49-33(6)40-27-38-31(4)35(24-25-44(55)56)47(52-38)36-26-43(54)46-32(5)39(53-48(36)46)28-41-34(8-2)30(3)37(50-41)29-42(49)51-40;/h13-14,27-29,31,35H,7-12,15-26H2,1-6H3,(H3,50,51,52,53,54,55,56);/q;+2/p-2/b14-13+;/t31-,35-;/m0./s1. The van der Waals surface area contributed by atoms with Crippen molar-refractivity contribution >= 4 is 46.5 Å². The summed E-state index contributed by atoms with van der Waals surface area (Å²) in [5.41, 5.74) is 9.29. The fourth-order valence-electron chi connectivity index (χ4n) is 8.88. The van der Waals surface area contributed by atoms with Gasteiger partial charge in [0.1, 0.15) is 5.70 Å². The van der Waals surface area contributed by atoms with Gasteiger partial charge in [0.05, 0.1) is 17.1 Å². The fourth-order valence-corrected chi connectivity index (χ4v) is 8.88. The molecule has 0 saturated carbocycles. The molecule has 0 radical (unpaired) electrons. The molecule has 0 saturated heterocycles. The number of esters is 1. The Morgan fingerprint density at radius 1 is 0.847 bits per heavy atom. The van der Waals surface area contributed by atoms with Crippen molar-refractivity contribution in [1.82, 2.24) is 4.98 Å². The van der Waals surface area contributed by atoms with Crippen LogP contribution >= 0.6 is 0 Å². The molecule has 5 heterocycles. The molecule has 4 aliphatic heterocycles. The van der Waals surface area contributed by atoms with Crippen molar-refractivity contribution in [2.45, 2.75) is 157 Å². The first-order valence-corrected chi connectivity index (χ1v) is 22.0. The normalized spacial score (nSPS) is 19.6. The van der Waals surface area contributed by atoms with E-state index < -0.39 is 5.97 Å². The van der Waals surface area contributed by atoms with Gasteiger partial charge in [-0.1, -0.05) is 95.9 Å². The minimum Gasteiger partial charge on any atom is -0.875 e. The molecule has 8 bridgehead atoms. The Morgan fingerprint density at radius 2 is 1.49 bits per heavy atom. The molecule has 1 aromatic heterocycles. The maximum Gasteiger partial charge on any atom is 2.00 e. The van der Waals surface area contributed by atoms with E-state index in [1.165, 1.54) is 64.2 Å². The Hall–Kier alpha value is -4.30. The summed E-state index contributed by atoms with van der Waals surface area (Å²) in [6.07, 6.45) is 27.6. The molecule has 0 aromatic carbocycles. The van der Waals surface area contributed by atoms with Gasteiger partial charge in [-0.2, -0.15) is 0 Å². The topological polar surface area (TPSA) is 138 Å². The Kier molecular flexibility index (Phi) is 16.5. The first kappa shape index (κ1) is 45.8. The molecule has 9 nitrogen and oxygen atoms in total. The van der Waals surface area contributed by atoms with Gasteiger partial charge in [0.25, 0.3) is 0 Å². The monoisotopic (exact) mass is 844 g/mol. The van der Waals surface area contributed by atoms with Gasteiger partial charge in [0.2, 0.25) is 0 Å². The predicted molar refractivity (Wildman–Crippen MR) is 232 cm³/mol. The van der Waals surface area contributed by atoms with Gasteiger partial charge in [0.15, 0.2) is 5.76 Å². The smallest absolute Gasteiger partial charge is 0.875 e. The van der Waals surface area contributed by atoms with E-state index in [4.69, 9.17) is 24.7 Å². The molecule has 0 fully saturated rings. The maximum atomic E-state index is 13.6. The molecule has 318 valence electrons. The van der Waals surface area contributed by atoms with Crippen LogP contribution in [0.25, 0.3) is 17.4 Å². The van der Waals surface area contributed by atoms with Crippen LogP contribution in [0.4, 0.5) is 0 Å². The number of carboxylic acids is 1. The number of aliphatic imine (C=N–C) groups is 3. The molecule has 10 heteroatoms. The second-order valence-corrected chi connectivity index (χ2v) is 16.6. The molecule has 1 N–H and O–H groups in total. The Labute approximate surface area is 360 Å². The summed E-state index contributed by atoms with van der Waals surface area (Å²) in [6.45, 7) is 12.3. The quantitative estimate of drug-likeness (QED) is 0.0602. The van der Waals surface area contributed by atoms with E-state index in [1.54, 1.807) is 0 Å². The van der Waals surface area contributed by atoms with E-state index in [2.05, 4.69) is 39.8 Å². The Bertz CT molecular complexity index is 2210. The SMILES string of the molecule is CCCCCC/C=C/CCCCCCCCCC(=O)OC1=C(C)C2=NC1=CC1=NC(=Cc3[n-]c4c(c3C)=C([O-])CC=4C3=NC(=C2)[C@@H](C)[C@@H]3CCC(=O)O)C(CC)=C1C.[Ni+2]. The number of carbonyl (C=O) groups is 2. The minimum atomic E-state index is -0.875. The maximum absolute atomic E-state index is 13.6. The predicted octanol–water partition coefficient (Wildman–Crippen LogP) is 9.16. The van der Waals surface area contributed by atoms with Crippen LogP contribution in [0.15, 0.2) is 78.9 Å². The summed E-state index contributed by atoms with van der Waals surface area (Å²) in [7, 11) is 0. The molecule has 5 aliphatic rings. The second kappa shape index (κ2) is 21.3. The number of carboxylic acid groups (broad SMARTS) is 1. The molecule has 1 aromatic rings. The Morgan fingerprint density at radius 3 is 2.17 bits per heavy atom. The van der Waals surface area contributed by atoms with Gasteiger partial charge in [-0.05, 0) is 106 Å². The molecule has 2 atom stereocenters. The molecule has 0 amide bonds. The summed E-state index contributed by atoms with van der Waals surface area (Å²) < 4.78 is 6.16. The number of aliphatic carboxylic acids is 1. The number of unbranched alkanes of at least 4 members (excludes halogenated alkanes) is 11. The van der Waals surface area contributed by atoms with Crippen molar-refractivity contribution < 1.29 is 41.0 Å². The van der Waals surface area contributed by atoms with Crippen LogP contribution in [0.5, 0.6) is 0 Å². The fraction of sp³-hybridized carbons (Fsp3) is 0.531. The zero-order valence-corrected chi connectivity index (χ0v) is 36.9. The Balaban J connectivity index is 0.00000661. The van der Waals surface area contributed by atoms with Crippen molar-refractivity contribution in [3.63, 3.8) is 0 Å². The summed E-state index contributed by atoms with van der Waals surface area (Å²) in [5, 5.41) is 24.5. The van der Waals surface area contributed by atoms with Gasteiger partial charge in [-0.3, -0.25) is 14.6 Å². The van der Waals surface area contributed by atoms with E-state index in [-0.39, 0.29) is 52.9 Å². The average molecular weight is 846 g/mol. The molecular weight excluding hydrogens is 783 g/mol. The van der Waals surface area contributed by atoms with Crippen LogP contribution in [0.3, 0.4) is 0 Å². The van der Waals surface area contributed by atoms with Crippen molar-refractivity contribution in [2.24, 2.45) is 26.8 Å². The molecular formula is C49H62N4NiO5.